The zero-order chi connectivity index (χ0) is 12.1. The quantitative estimate of drug-likeness (QED) is 0.627. The Balaban J connectivity index is 2.37. The number of nitrogens with zero attached hydrogens (tertiary/aromatic N) is 1. The van der Waals surface area contributed by atoms with Crippen LogP contribution in [0.15, 0.2) is 67.4 Å². The van der Waals surface area contributed by atoms with Gasteiger partial charge in [-0.3, -0.25) is 0 Å². The van der Waals surface area contributed by atoms with E-state index in [2.05, 4.69) is 6.58 Å². The molecule has 1 aromatic heterocycles. The molecule has 0 saturated heterocycles. The molecule has 0 aliphatic heterocycles. The van der Waals surface area contributed by atoms with Crippen molar-refractivity contribution in [2.45, 2.75) is 12.6 Å². The number of aliphatic hydroxyl groups is 1. The van der Waals surface area contributed by atoms with Gasteiger partial charge in [0.1, 0.15) is 0 Å². The highest BCUT2D eigenvalue weighted by Crippen LogP contribution is 2.18. The molecule has 17 heavy (non-hydrogen) atoms. The van der Waals surface area contributed by atoms with Crippen LogP contribution in [0.25, 0.3) is 0 Å². The Morgan fingerprint density at radius 1 is 1.12 bits per heavy atom. The van der Waals surface area contributed by atoms with E-state index in [9.17, 15) is 5.11 Å². The van der Waals surface area contributed by atoms with E-state index in [1.54, 1.807) is 0 Å². The first-order valence-electron chi connectivity index (χ1n) is 5.65. The van der Waals surface area contributed by atoms with Crippen molar-refractivity contribution in [1.82, 2.24) is 0 Å². The van der Waals surface area contributed by atoms with Crippen LogP contribution in [0.2, 0.25) is 0 Å². The van der Waals surface area contributed by atoms with Gasteiger partial charge in [-0.1, -0.05) is 36.9 Å². The van der Waals surface area contributed by atoms with Crippen molar-refractivity contribution in [2.75, 3.05) is 0 Å². The molecule has 0 fully saturated rings. The molecule has 0 radical (unpaired) electrons. The summed E-state index contributed by atoms with van der Waals surface area (Å²) >= 11 is 0. The Labute approximate surface area is 101 Å². The zero-order valence-electron chi connectivity index (χ0n) is 9.66. The summed E-state index contributed by atoms with van der Waals surface area (Å²) in [5, 5.41) is 10.3. The summed E-state index contributed by atoms with van der Waals surface area (Å²) in [5.41, 5.74) is 1.77. The maximum absolute atomic E-state index is 10.3. The van der Waals surface area contributed by atoms with Crippen LogP contribution in [-0.4, -0.2) is 5.11 Å². The van der Waals surface area contributed by atoms with Crippen molar-refractivity contribution in [3.63, 3.8) is 0 Å². The molecule has 2 aromatic rings. The van der Waals surface area contributed by atoms with Crippen LogP contribution in [0.5, 0.6) is 0 Å². The lowest BCUT2D eigenvalue weighted by Crippen LogP contribution is -2.38. The third-order valence-electron chi connectivity index (χ3n) is 2.70. The predicted octanol–water partition coefficient (Wildman–Crippen LogP) is 2.24. The highest BCUT2D eigenvalue weighted by molar-refractivity contribution is 5.23. The molecule has 1 N–H and O–H groups in total. The fraction of sp³-hybridized carbons (Fsp3) is 0.133. The highest BCUT2D eigenvalue weighted by atomic mass is 16.3. The van der Waals surface area contributed by atoms with Crippen LogP contribution in [0, 0.1) is 0 Å². The molecule has 0 unspecified atom stereocenters. The SMILES string of the molecule is C=CC[n+]1ccccc1[C@@H](O)c1ccccc1. The van der Waals surface area contributed by atoms with Crippen molar-refractivity contribution in [1.29, 1.82) is 0 Å². The molecule has 0 saturated carbocycles. The Morgan fingerprint density at radius 3 is 2.53 bits per heavy atom. The smallest absolute Gasteiger partial charge is 0.215 e. The van der Waals surface area contributed by atoms with Crippen LogP contribution >= 0.6 is 0 Å². The standard InChI is InChI=1S/C15H16NO/c1-2-11-16-12-7-6-10-14(16)15(17)13-8-4-3-5-9-13/h2-10,12,15,17H,1,11H2/q+1/t15-/m0/s1. The Bertz CT molecular complexity index is 493. The predicted molar refractivity (Wildman–Crippen MR) is 67.3 cm³/mol. The van der Waals surface area contributed by atoms with E-state index >= 15 is 0 Å². The first kappa shape index (κ1) is 11.6. The normalized spacial score (nSPS) is 12.1. The minimum absolute atomic E-state index is 0.600. The number of hydrogen-bond donors (Lipinski definition) is 1. The van der Waals surface area contributed by atoms with Crippen molar-refractivity contribution < 1.29 is 9.67 Å². The summed E-state index contributed by atoms with van der Waals surface area (Å²) in [6, 6.07) is 15.5. The molecule has 0 aliphatic rings. The Kier molecular flexibility index (Phi) is 3.68. The molecule has 0 aliphatic carbocycles. The van der Waals surface area contributed by atoms with Gasteiger partial charge in [0, 0.05) is 12.1 Å². The number of benzene rings is 1. The van der Waals surface area contributed by atoms with Crippen LogP contribution in [0.3, 0.4) is 0 Å². The Morgan fingerprint density at radius 2 is 1.82 bits per heavy atom. The van der Waals surface area contributed by atoms with Crippen molar-refractivity contribution in [3.05, 3.63) is 78.6 Å². The van der Waals surface area contributed by atoms with Gasteiger partial charge in [0.05, 0.1) is 0 Å². The van der Waals surface area contributed by atoms with Gasteiger partial charge >= 0.3 is 0 Å². The van der Waals surface area contributed by atoms with Crippen molar-refractivity contribution >= 4 is 0 Å². The summed E-state index contributed by atoms with van der Waals surface area (Å²) < 4.78 is 1.99. The molecule has 0 bridgehead atoms. The fourth-order valence-corrected chi connectivity index (χ4v) is 1.85. The molecule has 1 aromatic carbocycles. The van der Waals surface area contributed by atoms with Crippen molar-refractivity contribution in [2.24, 2.45) is 0 Å². The number of aromatic nitrogens is 1. The molecule has 1 heterocycles. The third-order valence-corrected chi connectivity index (χ3v) is 2.70. The summed E-state index contributed by atoms with van der Waals surface area (Å²) in [7, 11) is 0. The van der Waals surface area contributed by atoms with Gasteiger partial charge < -0.3 is 5.11 Å². The molecular formula is C15H16NO+. The van der Waals surface area contributed by atoms with Gasteiger partial charge in [-0.25, -0.2) is 0 Å². The van der Waals surface area contributed by atoms with E-state index in [4.69, 9.17) is 0 Å². The molecule has 1 atom stereocenters. The average molecular weight is 226 g/mol. The molecular weight excluding hydrogens is 210 g/mol. The largest absolute Gasteiger partial charge is 0.377 e. The van der Waals surface area contributed by atoms with Gasteiger partial charge in [-0.2, -0.15) is 4.57 Å². The van der Waals surface area contributed by atoms with Crippen LogP contribution in [-0.2, 0) is 6.54 Å². The minimum Gasteiger partial charge on any atom is -0.377 e. The molecule has 0 spiro atoms. The summed E-state index contributed by atoms with van der Waals surface area (Å²) in [5.74, 6) is 0. The molecule has 2 rings (SSSR count). The zero-order valence-corrected chi connectivity index (χ0v) is 9.66. The monoisotopic (exact) mass is 226 g/mol. The molecule has 0 amide bonds. The van der Waals surface area contributed by atoms with E-state index in [0.29, 0.717) is 6.54 Å². The van der Waals surface area contributed by atoms with Gasteiger partial charge in [0.25, 0.3) is 0 Å². The average Bonchev–Trinajstić information content (AvgIpc) is 2.40. The third kappa shape index (κ3) is 2.60. The van der Waals surface area contributed by atoms with Crippen molar-refractivity contribution in [3.8, 4) is 0 Å². The number of pyridine rings is 1. The van der Waals surface area contributed by atoms with Gasteiger partial charge in [-0.05, 0) is 17.7 Å². The van der Waals surface area contributed by atoms with Crippen LogP contribution < -0.4 is 4.57 Å². The first-order valence-corrected chi connectivity index (χ1v) is 5.65. The Hall–Kier alpha value is -1.93. The van der Waals surface area contributed by atoms with Crippen LogP contribution in [0.1, 0.15) is 17.4 Å². The van der Waals surface area contributed by atoms with E-state index in [1.807, 2.05) is 65.4 Å². The lowest BCUT2D eigenvalue weighted by molar-refractivity contribution is -0.697. The number of rotatable bonds is 4. The second-order valence-electron chi connectivity index (χ2n) is 3.88. The summed E-state index contributed by atoms with van der Waals surface area (Å²) in [4.78, 5) is 0. The molecule has 86 valence electrons. The first-order chi connectivity index (χ1) is 8.33. The topological polar surface area (TPSA) is 24.1 Å². The van der Waals surface area contributed by atoms with E-state index in [-0.39, 0.29) is 0 Å². The second-order valence-corrected chi connectivity index (χ2v) is 3.88. The summed E-state index contributed by atoms with van der Waals surface area (Å²) in [6.07, 6.45) is 3.17. The fourth-order valence-electron chi connectivity index (χ4n) is 1.85. The lowest BCUT2D eigenvalue weighted by Gasteiger charge is -2.09. The lowest BCUT2D eigenvalue weighted by atomic mass is 10.1. The van der Waals surface area contributed by atoms with E-state index in [0.717, 1.165) is 11.3 Å². The van der Waals surface area contributed by atoms with E-state index in [1.165, 1.54) is 0 Å². The molecule has 2 heteroatoms. The maximum Gasteiger partial charge on any atom is 0.215 e. The van der Waals surface area contributed by atoms with Gasteiger partial charge in [0.15, 0.2) is 18.8 Å². The van der Waals surface area contributed by atoms with Gasteiger partial charge in [-0.15, -0.1) is 0 Å². The van der Waals surface area contributed by atoms with Crippen LogP contribution in [0.4, 0.5) is 0 Å². The summed E-state index contributed by atoms with van der Waals surface area (Å²) in [6.45, 7) is 4.42. The maximum atomic E-state index is 10.3. The number of allylic oxidation sites excluding steroid dienone is 1. The second kappa shape index (κ2) is 5.41. The molecule has 2 nitrogen and oxygen atoms in total. The number of hydrogen-bond acceptors (Lipinski definition) is 1. The number of aliphatic hydroxyl groups excluding tert-OH is 1. The van der Waals surface area contributed by atoms with Gasteiger partial charge in [0.2, 0.25) is 5.69 Å². The highest BCUT2D eigenvalue weighted by Gasteiger charge is 2.19. The van der Waals surface area contributed by atoms with E-state index < -0.39 is 6.10 Å². The minimum atomic E-state index is -0.600.